The lowest BCUT2D eigenvalue weighted by Crippen LogP contribution is -1.93. The van der Waals surface area contributed by atoms with E-state index in [2.05, 4.69) is 5.16 Å². The molecule has 2 rings (SSSR count). The Hall–Kier alpha value is -1.65. The van der Waals surface area contributed by atoms with Crippen LogP contribution in [-0.2, 0) is 17.8 Å². The van der Waals surface area contributed by atoms with Gasteiger partial charge in [-0.25, -0.2) is 0 Å². The van der Waals surface area contributed by atoms with E-state index < -0.39 is 0 Å². The number of ether oxygens (including phenoxy) is 1. The smallest absolute Gasteiger partial charge is 0.167 e. The first-order chi connectivity index (χ1) is 8.33. The Kier molecular flexibility index (Phi) is 3.90. The largest absolute Gasteiger partial charge is 0.390 e. The molecule has 4 heteroatoms. The molecule has 0 bridgehead atoms. The Morgan fingerprint density at radius 3 is 2.65 bits per heavy atom. The molecule has 1 aromatic carbocycles. The van der Waals surface area contributed by atoms with Gasteiger partial charge in [0.05, 0.1) is 13.2 Å². The van der Waals surface area contributed by atoms with Crippen molar-refractivity contribution in [1.82, 2.24) is 5.16 Å². The third kappa shape index (κ3) is 2.93. The highest BCUT2D eigenvalue weighted by molar-refractivity contribution is 5.57. The maximum absolute atomic E-state index is 8.90. The van der Waals surface area contributed by atoms with E-state index in [1.807, 2.05) is 24.3 Å². The summed E-state index contributed by atoms with van der Waals surface area (Å²) >= 11 is 0. The number of aliphatic hydroxyl groups excluding tert-OH is 1. The van der Waals surface area contributed by atoms with Gasteiger partial charge in [0.1, 0.15) is 5.69 Å². The zero-order valence-electron chi connectivity index (χ0n) is 9.72. The highest BCUT2D eigenvalue weighted by Crippen LogP contribution is 2.20. The van der Waals surface area contributed by atoms with Gasteiger partial charge >= 0.3 is 0 Å². The molecule has 0 saturated heterocycles. The minimum absolute atomic E-state index is 0.102. The minimum Gasteiger partial charge on any atom is -0.390 e. The molecule has 0 fully saturated rings. The van der Waals surface area contributed by atoms with Crippen LogP contribution in [0.2, 0.25) is 0 Å². The number of hydrogen-bond acceptors (Lipinski definition) is 4. The second-order valence-electron chi connectivity index (χ2n) is 3.78. The third-order valence-electron chi connectivity index (χ3n) is 2.55. The summed E-state index contributed by atoms with van der Waals surface area (Å²) in [5, 5.41) is 12.6. The second-order valence-corrected chi connectivity index (χ2v) is 3.78. The van der Waals surface area contributed by atoms with E-state index in [-0.39, 0.29) is 6.61 Å². The van der Waals surface area contributed by atoms with Crippen LogP contribution in [0, 0.1) is 0 Å². The summed E-state index contributed by atoms with van der Waals surface area (Å²) in [6.07, 6.45) is 0.898. The molecule has 2 aromatic rings. The van der Waals surface area contributed by atoms with Gasteiger partial charge in [-0.2, -0.15) is 0 Å². The van der Waals surface area contributed by atoms with Crippen molar-refractivity contribution < 1.29 is 14.4 Å². The Balaban J connectivity index is 2.11. The van der Waals surface area contributed by atoms with Crippen molar-refractivity contribution in [2.45, 2.75) is 13.0 Å². The SMILES string of the molecule is COCCc1ccc(-c2cc(CO)no2)cc1. The van der Waals surface area contributed by atoms with Crippen LogP contribution >= 0.6 is 0 Å². The van der Waals surface area contributed by atoms with Crippen molar-refractivity contribution >= 4 is 0 Å². The van der Waals surface area contributed by atoms with Crippen molar-refractivity contribution in [1.29, 1.82) is 0 Å². The summed E-state index contributed by atoms with van der Waals surface area (Å²) in [5.74, 6) is 0.673. The van der Waals surface area contributed by atoms with Gasteiger partial charge in [0, 0.05) is 18.7 Å². The average Bonchev–Trinajstić information content (AvgIpc) is 2.86. The van der Waals surface area contributed by atoms with E-state index in [4.69, 9.17) is 14.4 Å². The summed E-state index contributed by atoms with van der Waals surface area (Å²) in [4.78, 5) is 0. The van der Waals surface area contributed by atoms with Crippen molar-refractivity contribution in [3.05, 3.63) is 41.6 Å². The normalized spacial score (nSPS) is 10.7. The fraction of sp³-hybridized carbons (Fsp3) is 0.308. The molecule has 0 radical (unpaired) electrons. The van der Waals surface area contributed by atoms with Gasteiger partial charge in [0.15, 0.2) is 5.76 Å². The summed E-state index contributed by atoms with van der Waals surface area (Å²) < 4.78 is 10.2. The summed E-state index contributed by atoms with van der Waals surface area (Å²) in [5.41, 5.74) is 2.72. The monoisotopic (exact) mass is 233 g/mol. The third-order valence-corrected chi connectivity index (χ3v) is 2.55. The van der Waals surface area contributed by atoms with Crippen LogP contribution in [0.15, 0.2) is 34.9 Å². The summed E-state index contributed by atoms with van der Waals surface area (Å²) in [6, 6.07) is 9.77. The first kappa shape index (κ1) is 11.8. The predicted octanol–water partition coefficient (Wildman–Crippen LogP) is 2.02. The van der Waals surface area contributed by atoms with Gasteiger partial charge in [0.2, 0.25) is 0 Å². The molecule has 1 N–H and O–H groups in total. The fourth-order valence-electron chi connectivity index (χ4n) is 1.58. The molecule has 1 aromatic heterocycles. The molecule has 0 aliphatic heterocycles. The van der Waals surface area contributed by atoms with Crippen LogP contribution in [0.5, 0.6) is 0 Å². The lowest BCUT2D eigenvalue weighted by molar-refractivity contribution is 0.202. The second kappa shape index (κ2) is 5.61. The zero-order chi connectivity index (χ0) is 12.1. The molecule has 0 unspecified atom stereocenters. The van der Waals surface area contributed by atoms with E-state index >= 15 is 0 Å². The van der Waals surface area contributed by atoms with Gasteiger partial charge in [-0.1, -0.05) is 29.4 Å². The van der Waals surface area contributed by atoms with Crippen LogP contribution in [0.3, 0.4) is 0 Å². The van der Waals surface area contributed by atoms with Gasteiger partial charge in [-0.15, -0.1) is 0 Å². The maximum atomic E-state index is 8.90. The number of aliphatic hydroxyl groups is 1. The predicted molar refractivity (Wildman–Crippen MR) is 63.4 cm³/mol. The van der Waals surface area contributed by atoms with E-state index in [0.717, 1.165) is 18.6 Å². The van der Waals surface area contributed by atoms with Crippen molar-refractivity contribution in [3.8, 4) is 11.3 Å². The van der Waals surface area contributed by atoms with Crippen LogP contribution in [-0.4, -0.2) is 24.0 Å². The molecule has 90 valence electrons. The molecule has 0 aliphatic rings. The average molecular weight is 233 g/mol. The molecule has 0 saturated carbocycles. The molecule has 0 atom stereocenters. The van der Waals surface area contributed by atoms with E-state index in [1.54, 1.807) is 13.2 Å². The maximum Gasteiger partial charge on any atom is 0.167 e. The molecule has 0 spiro atoms. The van der Waals surface area contributed by atoms with Crippen molar-refractivity contribution in [2.75, 3.05) is 13.7 Å². The molecule has 1 heterocycles. The minimum atomic E-state index is -0.102. The molecule has 4 nitrogen and oxygen atoms in total. The number of methoxy groups -OCH3 is 1. The Labute approximate surface area is 99.8 Å². The first-order valence-electron chi connectivity index (χ1n) is 5.48. The van der Waals surface area contributed by atoms with E-state index in [1.165, 1.54) is 5.56 Å². The topological polar surface area (TPSA) is 55.5 Å². The number of nitrogens with zero attached hydrogens (tertiary/aromatic N) is 1. The van der Waals surface area contributed by atoms with Gasteiger partial charge in [0.25, 0.3) is 0 Å². The first-order valence-corrected chi connectivity index (χ1v) is 5.48. The summed E-state index contributed by atoms with van der Waals surface area (Å²) in [7, 11) is 1.69. The highest BCUT2D eigenvalue weighted by Gasteiger charge is 2.05. The van der Waals surface area contributed by atoms with Gasteiger partial charge in [-0.3, -0.25) is 0 Å². The fourth-order valence-corrected chi connectivity index (χ4v) is 1.58. The highest BCUT2D eigenvalue weighted by atomic mass is 16.5. The molecule has 0 amide bonds. The molecule has 17 heavy (non-hydrogen) atoms. The number of benzene rings is 1. The van der Waals surface area contributed by atoms with Gasteiger partial charge in [-0.05, 0) is 12.0 Å². The van der Waals surface area contributed by atoms with Crippen LogP contribution in [0.1, 0.15) is 11.3 Å². The standard InChI is InChI=1S/C13H15NO3/c1-16-7-6-10-2-4-11(5-3-10)13-8-12(9-15)14-17-13/h2-5,8,15H,6-7,9H2,1H3. The van der Waals surface area contributed by atoms with E-state index in [0.29, 0.717) is 11.5 Å². The number of hydrogen-bond donors (Lipinski definition) is 1. The van der Waals surface area contributed by atoms with Crippen molar-refractivity contribution in [3.63, 3.8) is 0 Å². The quantitative estimate of drug-likeness (QED) is 0.858. The lowest BCUT2D eigenvalue weighted by Gasteiger charge is -2.01. The molecule has 0 aliphatic carbocycles. The van der Waals surface area contributed by atoms with Crippen molar-refractivity contribution in [2.24, 2.45) is 0 Å². The Bertz CT molecular complexity index is 462. The van der Waals surface area contributed by atoms with Crippen LogP contribution < -0.4 is 0 Å². The number of rotatable bonds is 5. The zero-order valence-corrected chi connectivity index (χ0v) is 9.72. The Morgan fingerprint density at radius 2 is 2.06 bits per heavy atom. The molecular weight excluding hydrogens is 218 g/mol. The lowest BCUT2D eigenvalue weighted by atomic mass is 10.1. The van der Waals surface area contributed by atoms with Gasteiger partial charge < -0.3 is 14.4 Å². The molecular formula is C13H15NO3. The number of aromatic nitrogens is 1. The van der Waals surface area contributed by atoms with Crippen LogP contribution in [0.4, 0.5) is 0 Å². The van der Waals surface area contributed by atoms with Crippen LogP contribution in [0.25, 0.3) is 11.3 Å². The summed E-state index contributed by atoms with van der Waals surface area (Å²) in [6.45, 7) is 0.617. The van der Waals surface area contributed by atoms with E-state index in [9.17, 15) is 0 Å². The Morgan fingerprint density at radius 1 is 1.29 bits per heavy atom.